The number of nitrogens with zero attached hydrogens (tertiary/aromatic N) is 1. The van der Waals surface area contributed by atoms with E-state index in [1.165, 1.54) is 0 Å². The Bertz CT molecular complexity index is 456. The SMILES string of the molecule is CCOCC(=O)Nc1cccc(C(=O)N(CC)CC)c1. The smallest absolute Gasteiger partial charge is 0.253 e. The fraction of sp³-hybridized carbons (Fsp3) is 0.467. The molecule has 0 atom stereocenters. The Morgan fingerprint density at radius 3 is 2.50 bits per heavy atom. The van der Waals surface area contributed by atoms with Gasteiger partial charge in [-0.3, -0.25) is 9.59 Å². The zero-order chi connectivity index (χ0) is 15.0. The molecule has 1 N–H and O–H groups in total. The van der Waals surface area contributed by atoms with Gasteiger partial charge in [-0.25, -0.2) is 0 Å². The summed E-state index contributed by atoms with van der Waals surface area (Å²) >= 11 is 0. The van der Waals surface area contributed by atoms with Gasteiger partial charge in [-0.15, -0.1) is 0 Å². The van der Waals surface area contributed by atoms with E-state index in [4.69, 9.17) is 4.74 Å². The minimum absolute atomic E-state index is 0.0186. The van der Waals surface area contributed by atoms with E-state index in [9.17, 15) is 9.59 Å². The van der Waals surface area contributed by atoms with Crippen molar-refractivity contribution >= 4 is 17.5 Å². The van der Waals surface area contributed by atoms with E-state index >= 15 is 0 Å². The van der Waals surface area contributed by atoms with Crippen molar-refractivity contribution < 1.29 is 14.3 Å². The van der Waals surface area contributed by atoms with Gasteiger partial charge >= 0.3 is 0 Å². The van der Waals surface area contributed by atoms with Crippen molar-refractivity contribution in [2.45, 2.75) is 20.8 Å². The molecule has 1 rings (SSSR count). The molecular weight excluding hydrogens is 256 g/mol. The lowest BCUT2D eigenvalue weighted by Gasteiger charge is -2.19. The highest BCUT2D eigenvalue weighted by Gasteiger charge is 2.13. The number of rotatable bonds is 7. The topological polar surface area (TPSA) is 58.6 Å². The van der Waals surface area contributed by atoms with Gasteiger partial charge in [0, 0.05) is 30.9 Å². The summed E-state index contributed by atoms with van der Waals surface area (Å²) in [6, 6.07) is 6.94. The number of carbonyl (C=O) groups excluding carboxylic acids is 2. The predicted octanol–water partition coefficient (Wildman–Crippen LogP) is 2.14. The predicted molar refractivity (Wildman–Crippen MR) is 78.8 cm³/mol. The van der Waals surface area contributed by atoms with Crippen LogP contribution in [0.15, 0.2) is 24.3 Å². The normalized spacial score (nSPS) is 10.2. The second-order valence-corrected chi connectivity index (χ2v) is 4.24. The van der Waals surface area contributed by atoms with E-state index in [1.807, 2.05) is 20.8 Å². The fourth-order valence-electron chi connectivity index (χ4n) is 1.82. The van der Waals surface area contributed by atoms with Crippen molar-refractivity contribution in [1.29, 1.82) is 0 Å². The molecule has 0 aromatic heterocycles. The highest BCUT2D eigenvalue weighted by Crippen LogP contribution is 2.13. The van der Waals surface area contributed by atoms with Crippen LogP contribution in [0.3, 0.4) is 0 Å². The standard InChI is InChI=1S/C15H22N2O3/c1-4-17(5-2)15(19)12-8-7-9-13(10-12)16-14(18)11-20-6-3/h7-10H,4-6,11H2,1-3H3,(H,16,18). The lowest BCUT2D eigenvalue weighted by Crippen LogP contribution is -2.30. The first-order valence-corrected chi connectivity index (χ1v) is 6.89. The minimum Gasteiger partial charge on any atom is -0.372 e. The molecule has 1 aromatic carbocycles. The number of carbonyl (C=O) groups is 2. The van der Waals surface area contributed by atoms with Gasteiger partial charge in [0.25, 0.3) is 5.91 Å². The quantitative estimate of drug-likeness (QED) is 0.831. The van der Waals surface area contributed by atoms with Gasteiger partial charge in [0.15, 0.2) is 0 Å². The first-order chi connectivity index (χ1) is 9.62. The number of anilines is 1. The molecule has 0 aliphatic rings. The molecule has 0 heterocycles. The number of benzene rings is 1. The molecular formula is C15H22N2O3. The van der Waals surface area contributed by atoms with Crippen molar-refractivity contribution in [2.24, 2.45) is 0 Å². The van der Waals surface area contributed by atoms with Crippen molar-refractivity contribution in [3.63, 3.8) is 0 Å². The van der Waals surface area contributed by atoms with E-state index in [0.717, 1.165) is 0 Å². The fourth-order valence-corrected chi connectivity index (χ4v) is 1.82. The molecule has 0 fully saturated rings. The summed E-state index contributed by atoms with van der Waals surface area (Å²) in [5, 5.41) is 2.71. The maximum Gasteiger partial charge on any atom is 0.253 e. The third-order valence-electron chi connectivity index (χ3n) is 2.88. The first-order valence-electron chi connectivity index (χ1n) is 6.89. The van der Waals surface area contributed by atoms with E-state index in [2.05, 4.69) is 5.32 Å². The molecule has 0 saturated carbocycles. The zero-order valence-electron chi connectivity index (χ0n) is 12.3. The summed E-state index contributed by atoms with van der Waals surface area (Å²) in [6.07, 6.45) is 0. The van der Waals surface area contributed by atoms with Crippen molar-refractivity contribution in [3.05, 3.63) is 29.8 Å². The molecule has 110 valence electrons. The molecule has 1 aromatic rings. The largest absolute Gasteiger partial charge is 0.372 e. The van der Waals surface area contributed by atoms with Crippen LogP contribution in [-0.2, 0) is 9.53 Å². The Balaban J connectivity index is 2.75. The van der Waals surface area contributed by atoms with Gasteiger partial charge in [-0.2, -0.15) is 0 Å². The Morgan fingerprint density at radius 2 is 1.90 bits per heavy atom. The lowest BCUT2D eigenvalue weighted by atomic mass is 10.1. The van der Waals surface area contributed by atoms with Gasteiger partial charge in [-0.05, 0) is 39.0 Å². The van der Waals surface area contributed by atoms with Gasteiger partial charge in [0.2, 0.25) is 5.91 Å². The van der Waals surface area contributed by atoms with Crippen LogP contribution < -0.4 is 5.32 Å². The molecule has 0 spiro atoms. The summed E-state index contributed by atoms with van der Waals surface area (Å²) in [7, 11) is 0. The average molecular weight is 278 g/mol. The molecule has 5 nitrogen and oxygen atoms in total. The molecule has 0 saturated heterocycles. The maximum atomic E-state index is 12.2. The summed E-state index contributed by atoms with van der Waals surface area (Å²) in [5.74, 6) is -0.254. The number of nitrogens with one attached hydrogen (secondary N) is 1. The highest BCUT2D eigenvalue weighted by atomic mass is 16.5. The van der Waals surface area contributed by atoms with Gasteiger partial charge < -0.3 is 15.0 Å². The highest BCUT2D eigenvalue weighted by molar-refractivity contribution is 5.97. The molecule has 2 amide bonds. The maximum absolute atomic E-state index is 12.2. The Hall–Kier alpha value is -1.88. The average Bonchev–Trinajstić information content (AvgIpc) is 2.46. The Labute approximate surface area is 119 Å². The minimum atomic E-state index is -0.223. The van der Waals surface area contributed by atoms with Crippen LogP contribution in [0.2, 0.25) is 0 Å². The number of ether oxygens (including phenoxy) is 1. The second-order valence-electron chi connectivity index (χ2n) is 4.24. The van der Waals surface area contributed by atoms with Crippen molar-refractivity contribution in [1.82, 2.24) is 4.90 Å². The summed E-state index contributed by atoms with van der Waals surface area (Å²) < 4.78 is 5.03. The van der Waals surface area contributed by atoms with Crippen LogP contribution in [0.1, 0.15) is 31.1 Å². The van der Waals surface area contributed by atoms with Crippen LogP contribution in [-0.4, -0.2) is 43.0 Å². The van der Waals surface area contributed by atoms with Crippen molar-refractivity contribution in [2.75, 3.05) is 31.6 Å². The van der Waals surface area contributed by atoms with Gasteiger partial charge in [-0.1, -0.05) is 6.07 Å². The Morgan fingerprint density at radius 1 is 1.20 bits per heavy atom. The van der Waals surface area contributed by atoms with Crippen LogP contribution in [0.5, 0.6) is 0 Å². The van der Waals surface area contributed by atoms with Crippen LogP contribution in [0.25, 0.3) is 0 Å². The van der Waals surface area contributed by atoms with Gasteiger partial charge in [0.1, 0.15) is 6.61 Å². The lowest BCUT2D eigenvalue weighted by molar-refractivity contribution is -0.120. The molecule has 0 bridgehead atoms. The second kappa shape index (κ2) is 8.32. The van der Waals surface area contributed by atoms with Crippen LogP contribution in [0.4, 0.5) is 5.69 Å². The van der Waals surface area contributed by atoms with Gasteiger partial charge in [0.05, 0.1) is 0 Å². The van der Waals surface area contributed by atoms with E-state index in [0.29, 0.717) is 30.9 Å². The monoisotopic (exact) mass is 278 g/mol. The summed E-state index contributed by atoms with van der Waals surface area (Å²) in [5.41, 5.74) is 1.18. The Kier molecular flexibility index (Phi) is 6.73. The number of amides is 2. The zero-order valence-corrected chi connectivity index (χ0v) is 12.3. The molecule has 0 radical (unpaired) electrons. The molecule has 0 unspecified atom stereocenters. The van der Waals surface area contributed by atoms with Crippen LogP contribution in [0, 0.1) is 0 Å². The van der Waals surface area contributed by atoms with Crippen LogP contribution >= 0.6 is 0 Å². The van der Waals surface area contributed by atoms with E-state index in [1.54, 1.807) is 29.2 Å². The summed E-state index contributed by atoms with van der Waals surface area (Å²) in [6.45, 7) is 7.55. The van der Waals surface area contributed by atoms with Crippen molar-refractivity contribution in [3.8, 4) is 0 Å². The number of hydrogen-bond donors (Lipinski definition) is 1. The molecule has 20 heavy (non-hydrogen) atoms. The number of hydrogen-bond acceptors (Lipinski definition) is 3. The molecule has 0 aliphatic carbocycles. The third-order valence-corrected chi connectivity index (χ3v) is 2.88. The van der Waals surface area contributed by atoms with E-state index < -0.39 is 0 Å². The summed E-state index contributed by atoms with van der Waals surface area (Å²) in [4.78, 5) is 25.5. The molecule has 0 aliphatic heterocycles. The van der Waals surface area contributed by atoms with E-state index in [-0.39, 0.29) is 18.4 Å². The first kappa shape index (κ1) is 16.2. The third kappa shape index (κ3) is 4.66. The molecule has 5 heteroatoms.